The van der Waals surface area contributed by atoms with Crippen molar-refractivity contribution in [1.82, 2.24) is 52.8 Å². The second-order valence-corrected chi connectivity index (χ2v) is 24.7. The number of imide groups is 1. The van der Waals surface area contributed by atoms with Crippen molar-refractivity contribution < 1.29 is 76.0 Å². The summed E-state index contributed by atoms with van der Waals surface area (Å²) in [4.78, 5) is 151. The number of ether oxygens (including phenoxy) is 1. The quantitative estimate of drug-likeness (QED) is 0.0193. The van der Waals surface area contributed by atoms with Gasteiger partial charge in [0.15, 0.2) is 0 Å². The van der Waals surface area contributed by atoms with Gasteiger partial charge in [0.05, 0.1) is 18.4 Å². The molecule has 3 unspecified atom stereocenters. The minimum atomic E-state index is -3.99. The fourth-order valence-electron chi connectivity index (χ4n) is 8.39. The van der Waals surface area contributed by atoms with Gasteiger partial charge in [-0.25, -0.2) is 4.57 Å². The standard InChI is InChI=1S/C55H91N10O16PS5/c1-79-82(77,78)81-28-11-2-3-12-34-87-44-38-50(71)65(55(44)76)27-10-4-5-15-45(66)58-26-29-80-41-36-39(51(72)59-22-24-61-53(74)42(63-48(69)18-32-85)13-6-8-20-56-46(67)16-30-83)35-40(37-41)52(73)60-23-25-62-54(75)43(64-49(70)19-33-86)14-7-9-21-57-47(68)17-31-84/h35-37,42-44,83-86H,2-34,38H2,1H3,(H,56,67)(H,57,68)(H,58,66)(H,59,72)(H,60,73)(H,61,74)(H,62,75)(H,63,69)(H,64,70)(H,77,78)/t42-,43?,44?/m0/s1. The van der Waals surface area contributed by atoms with Gasteiger partial charge in [-0.1, -0.05) is 19.3 Å². The molecule has 26 nitrogen and oxygen atoms in total. The Morgan fingerprint density at radius 3 is 1.55 bits per heavy atom. The molecule has 0 aromatic heterocycles. The fraction of sp³-hybridized carbons (Fsp3) is 0.691. The van der Waals surface area contributed by atoms with Crippen LogP contribution in [0.15, 0.2) is 18.2 Å². The van der Waals surface area contributed by atoms with E-state index in [1.54, 1.807) is 0 Å². The summed E-state index contributed by atoms with van der Waals surface area (Å²) >= 11 is 17.8. The van der Waals surface area contributed by atoms with Gasteiger partial charge >= 0.3 is 7.82 Å². The molecule has 1 aromatic carbocycles. The van der Waals surface area contributed by atoms with E-state index in [9.17, 15) is 62.2 Å². The van der Waals surface area contributed by atoms with Crippen LogP contribution in [0.3, 0.4) is 0 Å². The summed E-state index contributed by atoms with van der Waals surface area (Å²) in [6.07, 6.45) is 8.40. The molecule has 32 heteroatoms. The SMILES string of the molecule is COP(=O)(O)OCCCCCCSC1CC(=O)N(CCCCCC(=O)NCCOc2cc(C(=O)NCCNC(=O)C(CCCCNC(=O)CCS)NC(=O)CCS)cc(C(=O)NCCNC(=O)[C@H](CCCCNC(=O)CCS)NC(=O)CCS)c2)C1=O. The highest BCUT2D eigenvalue weighted by Crippen LogP contribution is 2.42. The van der Waals surface area contributed by atoms with Crippen molar-refractivity contribution in [2.24, 2.45) is 0 Å². The molecular formula is C55H91N10O16PS5. The van der Waals surface area contributed by atoms with Crippen molar-refractivity contribution in [1.29, 1.82) is 0 Å². The molecule has 1 aliphatic heterocycles. The molecule has 0 saturated carbocycles. The number of rotatable bonds is 50. The zero-order chi connectivity index (χ0) is 64.2. The van der Waals surface area contributed by atoms with E-state index in [0.717, 1.165) is 26.4 Å². The average molecular weight is 1340 g/mol. The summed E-state index contributed by atoms with van der Waals surface area (Å²) in [5.41, 5.74) is 0.0370. The number of phosphoric acid groups is 1. The molecule has 1 fully saturated rings. The van der Waals surface area contributed by atoms with E-state index in [1.165, 1.54) is 34.9 Å². The van der Waals surface area contributed by atoms with Crippen LogP contribution in [0.4, 0.5) is 0 Å². The topological polar surface area (TPSA) is 364 Å². The Labute approximate surface area is 536 Å². The van der Waals surface area contributed by atoms with Gasteiger partial charge in [-0.05, 0) is 111 Å². The fourth-order valence-corrected chi connectivity index (χ4v) is 10.9. The first-order chi connectivity index (χ1) is 41.8. The number of thiol groups is 4. The number of carbonyl (C=O) groups is 11. The number of unbranched alkanes of at least 4 members (excludes halogenated alkanes) is 7. The van der Waals surface area contributed by atoms with Gasteiger partial charge in [0.2, 0.25) is 53.2 Å². The maximum atomic E-state index is 13.6. The molecule has 10 N–H and O–H groups in total. The first kappa shape index (κ1) is 78.3. The van der Waals surface area contributed by atoms with Crippen LogP contribution in [0.1, 0.15) is 143 Å². The van der Waals surface area contributed by atoms with E-state index in [-0.39, 0.29) is 174 Å². The summed E-state index contributed by atoms with van der Waals surface area (Å²) in [6.45, 7) is 1.00. The smallest absolute Gasteiger partial charge is 0.471 e. The summed E-state index contributed by atoms with van der Waals surface area (Å²) in [6, 6.07) is 2.38. The van der Waals surface area contributed by atoms with Crippen molar-refractivity contribution in [2.75, 3.05) is 101 Å². The lowest BCUT2D eigenvalue weighted by Crippen LogP contribution is -2.48. The van der Waals surface area contributed by atoms with Crippen LogP contribution in [0.5, 0.6) is 5.75 Å². The molecule has 11 amide bonds. The average Bonchev–Trinajstić information content (AvgIpc) is 3.13. The monoisotopic (exact) mass is 1340 g/mol. The minimum Gasteiger partial charge on any atom is -0.492 e. The predicted octanol–water partition coefficient (Wildman–Crippen LogP) is 2.44. The molecule has 1 aliphatic rings. The number of nitrogens with one attached hydrogen (secondary N) is 9. The first-order valence-electron chi connectivity index (χ1n) is 29.5. The Morgan fingerprint density at radius 1 is 0.563 bits per heavy atom. The summed E-state index contributed by atoms with van der Waals surface area (Å²) < 4.78 is 26.5. The van der Waals surface area contributed by atoms with E-state index in [4.69, 9.17) is 9.26 Å². The molecule has 1 heterocycles. The Hall–Kier alpha value is -4.75. The molecule has 1 aromatic rings. The highest BCUT2D eigenvalue weighted by molar-refractivity contribution is 8.00. The molecule has 2 rings (SSSR count). The van der Waals surface area contributed by atoms with E-state index < -0.39 is 48.8 Å². The lowest BCUT2D eigenvalue weighted by Gasteiger charge is -2.19. The van der Waals surface area contributed by atoms with Crippen molar-refractivity contribution in [3.8, 4) is 5.75 Å². The lowest BCUT2D eigenvalue weighted by molar-refractivity contribution is -0.138. The zero-order valence-electron chi connectivity index (χ0n) is 49.7. The van der Waals surface area contributed by atoms with E-state index in [2.05, 4.69) is 103 Å². The molecule has 492 valence electrons. The maximum Gasteiger partial charge on any atom is 0.471 e. The van der Waals surface area contributed by atoms with Crippen LogP contribution in [-0.2, 0) is 56.8 Å². The van der Waals surface area contributed by atoms with Gasteiger partial charge in [-0.2, -0.15) is 50.5 Å². The van der Waals surface area contributed by atoms with Gasteiger partial charge in [0.1, 0.15) is 24.4 Å². The third kappa shape index (κ3) is 35.9. The predicted molar refractivity (Wildman–Crippen MR) is 344 cm³/mol. The van der Waals surface area contributed by atoms with Crippen molar-refractivity contribution in [3.63, 3.8) is 0 Å². The number of amides is 11. The zero-order valence-corrected chi connectivity index (χ0v) is 55.0. The van der Waals surface area contributed by atoms with Crippen LogP contribution in [0, 0.1) is 0 Å². The molecule has 4 atom stereocenters. The number of thioether (sulfide) groups is 1. The maximum absolute atomic E-state index is 13.6. The van der Waals surface area contributed by atoms with E-state index >= 15 is 0 Å². The first-order valence-corrected chi connectivity index (χ1v) is 34.6. The van der Waals surface area contributed by atoms with E-state index in [0.29, 0.717) is 81.7 Å². The second-order valence-electron chi connectivity index (χ2n) is 20.0. The second kappa shape index (κ2) is 47.2. The van der Waals surface area contributed by atoms with Gasteiger partial charge < -0.3 is 57.5 Å². The molecule has 0 spiro atoms. The van der Waals surface area contributed by atoms with E-state index in [1.807, 2.05) is 0 Å². The minimum absolute atomic E-state index is 0.0185. The van der Waals surface area contributed by atoms with Gasteiger partial charge in [-0.3, -0.25) is 66.7 Å². The largest absolute Gasteiger partial charge is 0.492 e. The molecular weight excluding hydrogens is 1250 g/mol. The summed E-state index contributed by atoms with van der Waals surface area (Å²) in [5, 5.41) is 24.2. The normalized spacial score (nSPS) is 14.2. The summed E-state index contributed by atoms with van der Waals surface area (Å²) in [7, 11) is -2.89. The number of hydrogen-bond acceptors (Lipinski definition) is 20. The highest BCUT2D eigenvalue weighted by atomic mass is 32.2. The Morgan fingerprint density at radius 2 is 1.03 bits per heavy atom. The molecule has 87 heavy (non-hydrogen) atoms. The van der Waals surface area contributed by atoms with Crippen LogP contribution in [0.25, 0.3) is 0 Å². The Balaban J connectivity index is 2.01. The Bertz CT molecular complexity index is 2300. The number of phosphoric ester groups is 1. The van der Waals surface area contributed by atoms with Gasteiger partial charge in [0, 0.05) is 103 Å². The number of benzene rings is 1. The van der Waals surface area contributed by atoms with Gasteiger partial charge in [-0.15, -0.1) is 11.8 Å². The van der Waals surface area contributed by atoms with Crippen LogP contribution < -0.4 is 52.6 Å². The van der Waals surface area contributed by atoms with Gasteiger partial charge in [0.25, 0.3) is 11.8 Å². The Kier molecular flexibility index (Phi) is 42.5. The third-order valence-corrected chi connectivity index (χ3v) is 16.2. The number of hydrogen-bond donors (Lipinski definition) is 14. The van der Waals surface area contributed by atoms with Crippen LogP contribution in [-0.4, -0.2) is 194 Å². The molecule has 0 radical (unpaired) electrons. The lowest BCUT2D eigenvalue weighted by atomic mass is 10.1. The van der Waals surface area contributed by atoms with Crippen molar-refractivity contribution in [2.45, 2.75) is 139 Å². The van der Waals surface area contributed by atoms with Crippen LogP contribution in [0.2, 0.25) is 0 Å². The highest BCUT2D eigenvalue weighted by Gasteiger charge is 2.38. The number of likely N-dealkylation sites (tertiary alicyclic amines) is 1. The third-order valence-electron chi connectivity index (χ3n) is 13.0. The summed E-state index contributed by atoms with van der Waals surface area (Å²) in [5.74, 6) is -1.71. The van der Waals surface area contributed by atoms with Crippen molar-refractivity contribution in [3.05, 3.63) is 29.3 Å². The molecule has 1 saturated heterocycles. The molecule has 0 bridgehead atoms. The van der Waals surface area contributed by atoms with Crippen LogP contribution >= 0.6 is 70.1 Å². The van der Waals surface area contributed by atoms with Crippen molar-refractivity contribution >= 4 is 135 Å². The molecule has 0 aliphatic carbocycles. The number of carbonyl (C=O) groups excluding carboxylic acids is 11. The number of nitrogens with zero attached hydrogens (tertiary/aromatic N) is 1.